The summed E-state index contributed by atoms with van der Waals surface area (Å²) in [5, 5.41) is 0. The number of allylic oxidation sites excluding steroid dienone is 1. The fourth-order valence-corrected chi connectivity index (χ4v) is 2.88. The lowest BCUT2D eigenvalue weighted by molar-refractivity contribution is -0.140. The molecule has 0 spiro atoms. The number of benzene rings is 2. The maximum absolute atomic E-state index is 11.4. The zero-order valence-corrected chi connectivity index (χ0v) is 15.5. The Morgan fingerprint density at radius 3 is 2.22 bits per heavy atom. The predicted octanol–water partition coefficient (Wildman–Crippen LogP) is 4.59. The average Bonchev–Trinajstić information content (AvgIpc) is 3.11. The van der Waals surface area contributed by atoms with Gasteiger partial charge in [-0.05, 0) is 55.5 Å². The third-order valence-corrected chi connectivity index (χ3v) is 4.44. The van der Waals surface area contributed by atoms with Gasteiger partial charge in [0, 0.05) is 0 Å². The minimum absolute atomic E-state index is 0.0709. The second-order valence-electron chi connectivity index (χ2n) is 6.56. The molecule has 4 heteroatoms. The molecule has 1 atom stereocenters. The number of carbonyl (C=O) groups is 1. The summed E-state index contributed by atoms with van der Waals surface area (Å²) in [5.41, 5.74) is 1.20. The van der Waals surface area contributed by atoms with Crippen LogP contribution in [0.5, 0.6) is 11.5 Å². The van der Waals surface area contributed by atoms with Crippen LogP contribution in [0.25, 0.3) is 0 Å². The molecule has 1 fully saturated rings. The molecule has 0 radical (unpaired) electrons. The largest absolute Gasteiger partial charge is 0.494 e. The van der Waals surface area contributed by atoms with E-state index in [1.165, 1.54) is 5.56 Å². The second-order valence-corrected chi connectivity index (χ2v) is 6.56. The minimum atomic E-state index is -0.107. The standard InChI is InChI=1S/C23H26O4/c24-23-20(15-18-27-23)8-6-7-19-11-13-22(14-12-19)26-17-5-4-16-25-21-9-2-1-3-10-21/h1-3,6,8-14,20H,4-5,7,15-18H2/t20-/m0/s1. The number of carbonyl (C=O) groups excluding carboxylic acids is 1. The van der Waals surface area contributed by atoms with Gasteiger partial charge in [-0.2, -0.15) is 0 Å². The minimum Gasteiger partial charge on any atom is -0.494 e. The summed E-state index contributed by atoms with van der Waals surface area (Å²) in [6, 6.07) is 18.0. The molecule has 0 N–H and O–H groups in total. The molecule has 1 saturated heterocycles. The molecule has 0 saturated carbocycles. The Balaban J connectivity index is 1.29. The third-order valence-electron chi connectivity index (χ3n) is 4.44. The highest BCUT2D eigenvalue weighted by molar-refractivity contribution is 5.76. The first kappa shape index (κ1) is 19.0. The van der Waals surface area contributed by atoms with E-state index < -0.39 is 0 Å². The monoisotopic (exact) mass is 366 g/mol. The summed E-state index contributed by atoms with van der Waals surface area (Å²) in [6.45, 7) is 1.92. The SMILES string of the molecule is O=C1OCC[C@@H]1C=CCc1ccc(OCCCCOc2ccccc2)cc1. The van der Waals surface area contributed by atoms with Crippen LogP contribution in [0.15, 0.2) is 66.7 Å². The van der Waals surface area contributed by atoms with Crippen LogP contribution in [0.4, 0.5) is 0 Å². The smallest absolute Gasteiger partial charge is 0.312 e. The Kier molecular flexibility index (Phi) is 7.34. The number of hydrogen-bond donors (Lipinski definition) is 0. The fourth-order valence-electron chi connectivity index (χ4n) is 2.88. The highest BCUT2D eigenvalue weighted by atomic mass is 16.5. The average molecular weight is 366 g/mol. The molecule has 2 aromatic rings. The van der Waals surface area contributed by atoms with Crippen molar-refractivity contribution in [3.63, 3.8) is 0 Å². The molecule has 2 aromatic carbocycles. The Labute approximate surface area is 160 Å². The van der Waals surface area contributed by atoms with Crippen molar-refractivity contribution < 1.29 is 19.0 Å². The van der Waals surface area contributed by atoms with Crippen molar-refractivity contribution >= 4 is 5.97 Å². The van der Waals surface area contributed by atoms with Crippen LogP contribution in [0.2, 0.25) is 0 Å². The number of rotatable bonds is 10. The van der Waals surface area contributed by atoms with E-state index in [1.807, 2.05) is 54.6 Å². The van der Waals surface area contributed by atoms with Crippen LogP contribution >= 0.6 is 0 Å². The number of ether oxygens (including phenoxy) is 3. The summed E-state index contributed by atoms with van der Waals surface area (Å²) in [5.74, 6) is 1.61. The maximum Gasteiger partial charge on any atom is 0.312 e. The first-order valence-electron chi connectivity index (χ1n) is 9.54. The topological polar surface area (TPSA) is 44.8 Å². The number of esters is 1. The first-order chi connectivity index (χ1) is 13.3. The molecule has 3 rings (SSSR count). The molecular formula is C23H26O4. The number of para-hydroxylation sites is 1. The lowest BCUT2D eigenvalue weighted by atomic mass is 10.1. The zero-order valence-electron chi connectivity index (χ0n) is 15.5. The summed E-state index contributed by atoms with van der Waals surface area (Å²) in [6.07, 6.45) is 7.51. The molecule has 0 amide bonds. The van der Waals surface area contributed by atoms with Crippen molar-refractivity contribution in [2.45, 2.75) is 25.7 Å². The van der Waals surface area contributed by atoms with Crippen molar-refractivity contribution in [2.24, 2.45) is 5.92 Å². The van der Waals surface area contributed by atoms with E-state index in [4.69, 9.17) is 14.2 Å². The summed E-state index contributed by atoms with van der Waals surface area (Å²) in [7, 11) is 0. The van der Waals surface area contributed by atoms with Crippen molar-refractivity contribution in [1.29, 1.82) is 0 Å². The lowest BCUT2D eigenvalue weighted by Crippen LogP contribution is -2.03. The van der Waals surface area contributed by atoms with Crippen molar-refractivity contribution in [1.82, 2.24) is 0 Å². The van der Waals surface area contributed by atoms with E-state index in [9.17, 15) is 4.79 Å². The van der Waals surface area contributed by atoms with Crippen molar-refractivity contribution in [3.8, 4) is 11.5 Å². The van der Waals surface area contributed by atoms with Gasteiger partial charge in [0.25, 0.3) is 0 Å². The van der Waals surface area contributed by atoms with Gasteiger partial charge in [0.05, 0.1) is 25.7 Å². The van der Waals surface area contributed by atoms with Crippen LogP contribution in [-0.2, 0) is 16.0 Å². The van der Waals surface area contributed by atoms with E-state index >= 15 is 0 Å². The van der Waals surface area contributed by atoms with Gasteiger partial charge in [-0.3, -0.25) is 4.79 Å². The normalized spacial score (nSPS) is 16.4. The van der Waals surface area contributed by atoms with Crippen molar-refractivity contribution in [2.75, 3.05) is 19.8 Å². The van der Waals surface area contributed by atoms with Gasteiger partial charge in [0.1, 0.15) is 11.5 Å². The summed E-state index contributed by atoms with van der Waals surface area (Å²) in [4.78, 5) is 11.4. The Hall–Kier alpha value is -2.75. The first-order valence-corrected chi connectivity index (χ1v) is 9.54. The van der Waals surface area contributed by atoms with Gasteiger partial charge in [-0.25, -0.2) is 0 Å². The Morgan fingerprint density at radius 2 is 1.59 bits per heavy atom. The van der Waals surface area contributed by atoms with Crippen LogP contribution in [-0.4, -0.2) is 25.8 Å². The number of cyclic esters (lactones) is 1. The number of hydrogen-bond acceptors (Lipinski definition) is 4. The fraction of sp³-hybridized carbons (Fsp3) is 0.348. The van der Waals surface area contributed by atoms with E-state index in [0.717, 1.165) is 37.2 Å². The Morgan fingerprint density at radius 1 is 0.926 bits per heavy atom. The van der Waals surface area contributed by atoms with E-state index in [0.29, 0.717) is 19.8 Å². The molecule has 0 aromatic heterocycles. The van der Waals surface area contributed by atoms with Gasteiger partial charge in [0.2, 0.25) is 0 Å². The van der Waals surface area contributed by atoms with Gasteiger partial charge >= 0.3 is 5.97 Å². The lowest BCUT2D eigenvalue weighted by Gasteiger charge is -2.08. The molecule has 4 nitrogen and oxygen atoms in total. The third kappa shape index (κ3) is 6.48. The molecule has 1 aliphatic rings. The highest BCUT2D eigenvalue weighted by Crippen LogP contribution is 2.17. The van der Waals surface area contributed by atoms with Gasteiger partial charge < -0.3 is 14.2 Å². The van der Waals surface area contributed by atoms with Crippen LogP contribution < -0.4 is 9.47 Å². The highest BCUT2D eigenvalue weighted by Gasteiger charge is 2.23. The van der Waals surface area contributed by atoms with Gasteiger partial charge in [0.15, 0.2) is 0 Å². The van der Waals surface area contributed by atoms with Crippen LogP contribution in [0, 0.1) is 5.92 Å². The summed E-state index contributed by atoms with van der Waals surface area (Å²) >= 11 is 0. The van der Waals surface area contributed by atoms with E-state index in [2.05, 4.69) is 12.1 Å². The molecule has 142 valence electrons. The van der Waals surface area contributed by atoms with Crippen LogP contribution in [0.3, 0.4) is 0 Å². The Bertz CT molecular complexity index is 722. The quantitative estimate of drug-likeness (QED) is 0.351. The molecule has 27 heavy (non-hydrogen) atoms. The molecule has 0 aliphatic carbocycles. The van der Waals surface area contributed by atoms with E-state index in [1.54, 1.807) is 0 Å². The number of unbranched alkanes of at least 4 members (excludes halogenated alkanes) is 1. The zero-order chi connectivity index (χ0) is 18.7. The van der Waals surface area contributed by atoms with E-state index in [-0.39, 0.29) is 11.9 Å². The predicted molar refractivity (Wildman–Crippen MR) is 105 cm³/mol. The van der Waals surface area contributed by atoms with Gasteiger partial charge in [-0.1, -0.05) is 42.5 Å². The van der Waals surface area contributed by atoms with Crippen LogP contribution in [0.1, 0.15) is 24.8 Å². The molecular weight excluding hydrogens is 340 g/mol. The summed E-state index contributed by atoms with van der Waals surface area (Å²) < 4.78 is 16.4. The molecule has 0 bridgehead atoms. The molecule has 1 aliphatic heterocycles. The van der Waals surface area contributed by atoms with Crippen molar-refractivity contribution in [3.05, 3.63) is 72.3 Å². The van der Waals surface area contributed by atoms with Gasteiger partial charge in [-0.15, -0.1) is 0 Å². The second kappa shape index (κ2) is 10.4. The molecule has 1 heterocycles. The maximum atomic E-state index is 11.4. The molecule has 0 unspecified atom stereocenters.